The lowest BCUT2D eigenvalue weighted by Gasteiger charge is -2.14. The fourth-order valence-electron chi connectivity index (χ4n) is 2.89. The van der Waals surface area contributed by atoms with Crippen molar-refractivity contribution in [1.82, 2.24) is 9.88 Å². The van der Waals surface area contributed by atoms with E-state index < -0.39 is 5.97 Å². The molecule has 0 radical (unpaired) electrons. The highest BCUT2D eigenvalue weighted by Gasteiger charge is 2.26. The maximum absolute atomic E-state index is 12.7. The monoisotopic (exact) mass is 328 g/mol. The van der Waals surface area contributed by atoms with Crippen molar-refractivity contribution >= 4 is 11.9 Å². The molecular weight excluding hydrogens is 304 g/mol. The van der Waals surface area contributed by atoms with Crippen LogP contribution in [0.3, 0.4) is 0 Å². The Hall–Kier alpha value is -2.56. The first kappa shape index (κ1) is 17.8. The van der Waals surface area contributed by atoms with Crippen LogP contribution in [0.5, 0.6) is 0 Å². The summed E-state index contributed by atoms with van der Waals surface area (Å²) in [6, 6.07) is 9.64. The van der Waals surface area contributed by atoms with E-state index in [4.69, 9.17) is 4.74 Å². The molecule has 1 aromatic heterocycles. The first-order chi connectivity index (χ1) is 11.4. The summed E-state index contributed by atoms with van der Waals surface area (Å²) in [5, 5.41) is 3.00. The molecule has 1 amide bonds. The molecular formula is C19H24N2O3. The van der Waals surface area contributed by atoms with Crippen molar-refractivity contribution in [2.45, 2.75) is 33.7 Å². The van der Waals surface area contributed by atoms with Crippen LogP contribution in [0.1, 0.15) is 57.6 Å². The van der Waals surface area contributed by atoms with E-state index >= 15 is 0 Å². The van der Waals surface area contributed by atoms with Crippen molar-refractivity contribution < 1.29 is 14.3 Å². The van der Waals surface area contributed by atoms with Crippen LogP contribution in [-0.4, -0.2) is 23.1 Å². The molecule has 0 fully saturated rings. The predicted octanol–water partition coefficient (Wildman–Crippen LogP) is 3.31. The van der Waals surface area contributed by atoms with Crippen LogP contribution in [0, 0.1) is 13.8 Å². The molecule has 0 saturated heterocycles. The van der Waals surface area contributed by atoms with Gasteiger partial charge in [0.25, 0.3) is 5.91 Å². The summed E-state index contributed by atoms with van der Waals surface area (Å²) in [4.78, 5) is 24.9. The lowest BCUT2D eigenvalue weighted by Crippen LogP contribution is -2.27. The van der Waals surface area contributed by atoms with Crippen molar-refractivity contribution in [1.29, 1.82) is 0 Å². The number of carbonyl (C=O) groups is 2. The maximum Gasteiger partial charge on any atom is 0.355 e. The highest BCUT2D eigenvalue weighted by atomic mass is 16.5. The third-order valence-corrected chi connectivity index (χ3v) is 4.27. The van der Waals surface area contributed by atoms with Crippen molar-refractivity contribution in [3.63, 3.8) is 0 Å². The Bertz CT molecular complexity index is 748. The zero-order valence-electron chi connectivity index (χ0n) is 14.8. The van der Waals surface area contributed by atoms with Crippen LogP contribution in [0.25, 0.3) is 0 Å². The maximum atomic E-state index is 12.7. The molecule has 1 unspecified atom stereocenters. The number of rotatable bonds is 5. The summed E-state index contributed by atoms with van der Waals surface area (Å²) in [6.45, 7) is 7.61. The van der Waals surface area contributed by atoms with Crippen LogP contribution >= 0.6 is 0 Å². The van der Waals surface area contributed by atoms with Gasteiger partial charge in [-0.25, -0.2) is 4.79 Å². The Morgan fingerprint density at radius 2 is 1.83 bits per heavy atom. The van der Waals surface area contributed by atoms with Crippen molar-refractivity contribution in [2.75, 3.05) is 6.61 Å². The fraction of sp³-hybridized carbons (Fsp3) is 0.368. The Balaban J connectivity index is 2.30. The van der Waals surface area contributed by atoms with Gasteiger partial charge in [-0.2, -0.15) is 0 Å². The minimum Gasteiger partial charge on any atom is -0.461 e. The number of aromatic nitrogens is 1. The van der Waals surface area contributed by atoms with E-state index in [1.807, 2.05) is 44.2 Å². The van der Waals surface area contributed by atoms with Gasteiger partial charge >= 0.3 is 5.97 Å². The summed E-state index contributed by atoms with van der Waals surface area (Å²) < 4.78 is 6.81. The van der Waals surface area contributed by atoms with E-state index in [9.17, 15) is 9.59 Å². The van der Waals surface area contributed by atoms with Gasteiger partial charge in [0.15, 0.2) is 0 Å². The summed E-state index contributed by atoms with van der Waals surface area (Å²) in [7, 11) is 1.77. The number of ether oxygens (including phenoxy) is 1. The smallest absolute Gasteiger partial charge is 0.355 e. The van der Waals surface area contributed by atoms with Crippen molar-refractivity contribution in [2.24, 2.45) is 7.05 Å². The van der Waals surface area contributed by atoms with Crippen LogP contribution in [0.4, 0.5) is 0 Å². The number of nitrogens with one attached hydrogen (secondary N) is 1. The average Bonchev–Trinajstić information content (AvgIpc) is 2.78. The molecule has 1 aromatic carbocycles. The number of hydrogen-bond donors (Lipinski definition) is 1. The fourth-order valence-corrected chi connectivity index (χ4v) is 2.89. The summed E-state index contributed by atoms with van der Waals surface area (Å²) in [6.07, 6.45) is 0. The van der Waals surface area contributed by atoms with E-state index in [1.54, 1.807) is 25.5 Å². The highest BCUT2D eigenvalue weighted by Crippen LogP contribution is 2.23. The molecule has 2 rings (SSSR count). The van der Waals surface area contributed by atoms with E-state index in [0.29, 0.717) is 23.4 Å². The van der Waals surface area contributed by atoms with Crippen LogP contribution < -0.4 is 5.32 Å². The molecule has 2 aromatic rings. The van der Waals surface area contributed by atoms with Crippen LogP contribution in [-0.2, 0) is 11.8 Å². The number of amides is 1. The average molecular weight is 328 g/mol. The molecule has 0 spiro atoms. The zero-order chi connectivity index (χ0) is 17.9. The molecule has 24 heavy (non-hydrogen) atoms. The van der Waals surface area contributed by atoms with Gasteiger partial charge in [0.2, 0.25) is 0 Å². The number of hydrogen-bond acceptors (Lipinski definition) is 3. The van der Waals surface area contributed by atoms with E-state index in [1.165, 1.54) is 0 Å². The zero-order valence-corrected chi connectivity index (χ0v) is 14.8. The van der Waals surface area contributed by atoms with Gasteiger partial charge in [-0.1, -0.05) is 30.3 Å². The SMILES string of the molecule is CCOC(=O)c1c(C)c(C(=O)NC(C)c2ccccc2)c(C)n1C. The van der Waals surface area contributed by atoms with Crippen LogP contribution in [0.15, 0.2) is 30.3 Å². The van der Waals surface area contributed by atoms with Gasteiger partial charge in [-0.05, 0) is 38.8 Å². The number of carbonyl (C=O) groups excluding carboxylic acids is 2. The number of nitrogens with zero attached hydrogens (tertiary/aromatic N) is 1. The first-order valence-electron chi connectivity index (χ1n) is 8.07. The Morgan fingerprint density at radius 3 is 2.42 bits per heavy atom. The summed E-state index contributed by atoms with van der Waals surface area (Å²) in [5.74, 6) is -0.594. The minimum absolute atomic E-state index is 0.122. The van der Waals surface area contributed by atoms with E-state index in [-0.39, 0.29) is 11.9 Å². The van der Waals surface area contributed by atoms with Gasteiger partial charge in [0.1, 0.15) is 5.69 Å². The summed E-state index contributed by atoms with van der Waals surface area (Å²) >= 11 is 0. The van der Waals surface area contributed by atoms with E-state index in [0.717, 1.165) is 11.3 Å². The second-order valence-electron chi connectivity index (χ2n) is 5.82. The molecule has 0 bridgehead atoms. The molecule has 0 aliphatic rings. The van der Waals surface area contributed by atoms with E-state index in [2.05, 4.69) is 5.32 Å². The quantitative estimate of drug-likeness (QED) is 0.857. The molecule has 5 heteroatoms. The molecule has 1 atom stereocenters. The third kappa shape index (κ3) is 3.35. The van der Waals surface area contributed by atoms with Gasteiger partial charge in [0.05, 0.1) is 18.2 Å². The Kier molecular flexibility index (Phi) is 5.44. The highest BCUT2D eigenvalue weighted by molar-refractivity contribution is 6.01. The molecule has 128 valence electrons. The minimum atomic E-state index is -0.407. The Morgan fingerprint density at radius 1 is 1.21 bits per heavy atom. The van der Waals surface area contributed by atoms with Gasteiger partial charge < -0.3 is 14.6 Å². The molecule has 1 heterocycles. The molecule has 1 N–H and O–H groups in total. The largest absolute Gasteiger partial charge is 0.461 e. The molecule has 0 aliphatic carbocycles. The summed E-state index contributed by atoms with van der Waals surface area (Å²) in [5.41, 5.74) is 3.37. The van der Waals surface area contributed by atoms with Crippen LogP contribution in [0.2, 0.25) is 0 Å². The van der Waals surface area contributed by atoms with Crippen molar-refractivity contribution in [3.8, 4) is 0 Å². The lowest BCUT2D eigenvalue weighted by molar-refractivity contribution is 0.0514. The Labute approximate surface area is 142 Å². The second kappa shape index (κ2) is 7.34. The molecule has 0 aliphatic heterocycles. The topological polar surface area (TPSA) is 60.3 Å². The number of benzene rings is 1. The first-order valence-corrected chi connectivity index (χ1v) is 8.07. The molecule has 5 nitrogen and oxygen atoms in total. The number of esters is 1. The van der Waals surface area contributed by atoms with Crippen molar-refractivity contribution in [3.05, 3.63) is 58.4 Å². The molecule has 0 saturated carbocycles. The van der Waals surface area contributed by atoms with Gasteiger partial charge in [-0.3, -0.25) is 4.79 Å². The third-order valence-electron chi connectivity index (χ3n) is 4.27. The lowest BCUT2D eigenvalue weighted by atomic mass is 10.1. The van der Waals surface area contributed by atoms with Gasteiger partial charge in [0, 0.05) is 12.7 Å². The normalized spacial score (nSPS) is 11.9. The predicted molar refractivity (Wildman–Crippen MR) is 93.2 cm³/mol. The second-order valence-corrected chi connectivity index (χ2v) is 5.82. The van der Waals surface area contributed by atoms with Gasteiger partial charge in [-0.15, -0.1) is 0 Å². The standard InChI is InChI=1S/C19H24N2O3/c1-6-24-19(23)17-12(2)16(14(4)21(17)5)18(22)20-13(3)15-10-8-7-9-11-15/h7-11,13H,6H2,1-5H3,(H,20,22).